The van der Waals surface area contributed by atoms with Crippen LogP contribution in [0.1, 0.15) is 58.3 Å². The van der Waals surface area contributed by atoms with E-state index in [1.807, 2.05) is 0 Å². The molecular weight excluding hydrogens is 630 g/mol. The molecule has 0 saturated carbocycles. The summed E-state index contributed by atoms with van der Waals surface area (Å²) in [5.74, 6) is -3.06. The fourth-order valence-corrected chi connectivity index (χ4v) is 6.13. The number of rotatable bonds is 19. The molecule has 1 saturated heterocycles. The van der Waals surface area contributed by atoms with E-state index in [-0.39, 0.29) is 36.1 Å². The van der Waals surface area contributed by atoms with Crippen molar-refractivity contribution in [3.8, 4) is 0 Å². The number of hydrogen-bond acceptors (Lipinski definition) is 9. The zero-order valence-electron chi connectivity index (χ0n) is 26.6. The molecule has 4 atom stereocenters. The van der Waals surface area contributed by atoms with Gasteiger partial charge in [-0.1, -0.05) is 24.3 Å². The molecule has 1 aromatic carbocycles. The van der Waals surface area contributed by atoms with Gasteiger partial charge in [0.2, 0.25) is 29.5 Å². The molecule has 1 heterocycles. The number of nitrogens with zero attached hydrogens (tertiary/aromatic N) is 2. The second-order valence-corrected chi connectivity index (χ2v) is 13.0. The summed E-state index contributed by atoms with van der Waals surface area (Å²) in [6.45, 7) is 2.31. The number of nitrogens with one attached hydrogen (secondary N) is 3. The Labute approximate surface area is 275 Å². The lowest BCUT2D eigenvalue weighted by molar-refractivity contribution is -0.138. The Bertz CT molecular complexity index is 1400. The summed E-state index contributed by atoms with van der Waals surface area (Å²) >= 11 is 0. The smallest absolute Gasteiger partial charge is 0.243 e. The van der Waals surface area contributed by atoms with E-state index in [0.717, 1.165) is 11.5 Å². The van der Waals surface area contributed by atoms with Gasteiger partial charge in [-0.15, -0.1) is 0 Å². The normalized spacial score (nSPS) is 16.6. The fraction of sp³-hybridized carbons (Fsp3) is 0.533. The van der Waals surface area contributed by atoms with Crippen LogP contribution in [0.3, 0.4) is 0 Å². The fourth-order valence-electron chi connectivity index (χ4n) is 5.04. The van der Waals surface area contributed by atoms with Gasteiger partial charge in [0.05, 0.1) is 17.4 Å². The number of hydrogen-bond donors (Lipinski definition) is 7. The average Bonchev–Trinajstić information content (AvgIpc) is 3.52. The predicted molar refractivity (Wildman–Crippen MR) is 176 cm³/mol. The third-order valence-corrected chi connectivity index (χ3v) is 8.87. The number of sulfone groups is 1. The van der Waals surface area contributed by atoms with Crippen LogP contribution in [0.5, 0.6) is 0 Å². The number of aliphatic imine (C=N–C) groups is 1. The molecule has 17 heteroatoms. The highest BCUT2D eigenvalue weighted by atomic mass is 32.2. The molecule has 0 unspecified atom stereocenters. The lowest BCUT2D eigenvalue weighted by atomic mass is 10.0. The molecule has 1 fully saturated rings. The van der Waals surface area contributed by atoms with Crippen molar-refractivity contribution in [2.45, 2.75) is 87.4 Å². The van der Waals surface area contributed by atoms with Crippen molar-refractivity contribution in [3.05, 3.63) is 41.8 Å². The summed E-state index contributed by atoms with van der Waals surface area (Å²) in [7, 11) is -3.90. The number of carbonyl (C=O) groups is 5. The van der Waals surface area contributed by atoms with Crippen LogP contribution in [0, 0.1) is 0 Å². The van der Waals surface area contributed by atoms with Crippen LogP contribution in [-0.4, -0.2) is 92.6 Å². The van der Waals surface area contributed by atoms with Crippen LogP contribution in [0.15, 0.2) is 51.7 Å². The minimum atomic E-state index is -3.90. The Kier molecular flexibility index (Phi) is 15.8. The number of nitrogens with two attached hydrogens (primary N) is 4. The third-order valence-electron chi connectivity index (χ3n) is 7.43. The molecule has 11 N–H and O–H groups in total. The molecule has 0 bridgehead atoms. The van der Waals surface area contributed by atoms with E-state index >= 15 is 0 Å². The van der Waals surface area contributed by atoms with Gasteiger partial charge in [-0.25, -0.2) is 8.42 Å². The van der Waals surface area contributed by atoms with Crippen molar-refractivity contribution in [2.24, 2.45) is 27.9 Å². The quantitative estimate of drug-likeness (QED) is 0.0505. The zero-order valence-corrected chi connectivity index (χ0v) is 27.4. The highest BCUT2D eigenvalue weighted by Crippen LogP contribution is 2.18. The summed E-state index contributed by atoms with van der Waals surface area (Å²) < 4.78 is 25.5. The Balaban J connectivity index is 2.27. The van der Waals surface area contributed by atoms with Crippen LogP contribution in [0.25, 0.3) is 0 Å². The molecule has 0 spiro atoms. The molecule has 1 aliphatic rings. The number of guanidine groups is 1. The maximum atomic E-state index is 13.6. The third kappa shape index (κ3) is 13.4. The minimum absolute atomic E-state index is 0.0179. The Morgan fingerprint density at radius 3 is 2.21 bits per heavy atom. The number of likely N-dealkylation sites (tertiary alicyclic amines) is 1. The van der Waals surface area contributed by atoms with Crippen molar-refractivity contribution in [1.29, 1.82) is 0 Å². The van der Waals surface area contributed by atoms with Crippen LogP contribution in [0.2, 0.25) is 0 Å². The number of carbonyl (C=O) groups excluding carboxylic acids is 5. The maximum Gasteiger partial charge on any atom is 0.243 e. The number of primary amides is 1. The monoisotopic (exact) mass is 677 g/mol. The van der Waals surface area contributed by atoms with Gasteiger partial charge in [-0.3, -0.25) is 29.0 Å². The topological polar surface area (TPSA) is 275 Å². The van der Waals surface area contributed by atoms with Crippen molar-refractivity contribution in [3.63, 3.8) is 0 Å². The molecule has 260 valence electrons. The Morgan fingerprint density at radius 1 is 0.957 bits per heavy atom. The summed E-state index contributed by atoms with van der Waals surface area (Å²) in [6, 6.07) is 3.49. The van der Waals surface area contributed by atoms with Gasteiger partial charge >= 0.3 is 0 Å². The SMILES string of the molecule is CC(=O)N1CCC[C@H]1C(=O)N[C@@H](CCCN=C(N)N)C(=O)N[C@@H](CCCCN)C(=O)N[C@H](/C=C/S(=O)(=O)c1ccccc1)CC(N)=O. The van der Waals surface area contributed by atoms with E-state index < -0.39 is 64.1 Å². The first-order chi connectivity index (χ1) is 22.2. The van der Waals surface area contributed by atoms with Crippen molar-refractivity contribution in [2.75, 3.05) is 19.6 Å². The highest BCUT2D eigenvalue weighted by molar-refractivity contribution is 7.94. The summed E-state index contributed by atoms with van der Waals surface area (Å²) in [6.07, 6.45) is 3.38. The van der Waals surface area contributed by atoms with Crippen molar-refractivity contribution < 1.29 is 32.4 Å². The first-order valence-electron chi connectivity index (χ1n) is 15.5. The van der Waals surface area contributed by atoms with Gasteiger partial charge in [-0.2, -0.15) is 0 Å². The molecule has 47 heavy (non-hydrogen) atoms. The lowest BCUT2D eigenvalue weighted by Gasteiger charge is -2.27. The van der Waals surface area contributed by atoms with E-state index in [2.05, 4.69) is 20.9 Å². The van der Waals surface area contributed by atoms with Crippen molar-refractivity contribution >= 4 is 45.3 Å². The molecule has 1 aliphatic heterocycles. The molecule has 2 rings (SSSR count). The molecule has 5 amide bonds. The lowest BCUT2D eigenvalue weighted by Crippen LogP contribution is -2.57. The standard InChI is InChI=1S/C30H47N9O7S/c1-20(40)39-17-8-13-25(39)29(44)38-24(12-7-16-35-30(33)34)28(43)37-23(11-5-6-15-31)27(42)36-21(19-26(32)41)14-18-47(45,46)22-9-3-2-4-10-22/h2-4,9-10,14,18,21,23-25H,5-8,11-13,15-17,19,31H2,1H3,(H2,32,41)(H,36,42)(H,37,43)(H,38,44)(H4,33,34,35)/b18-14+/t21-,23+,24+,25+/m1/s1. The van der Waals surface area contributed by atoms with Gasteiger partial charge in [0.1, 0.15) is 18.1 Å². The molecule has 0 aromatic heterocycles. The second-order valence-electron chi connectivity index (χ2n) is 11.2. The largest absolute Gasteiger partial charge is 0.370 e. The molecule has 0 aliphatic carbocycles. The molecular formula is C30H47N9O7S. The number of benzene rings is 1. The van der Waals surface area contributed by atoms with E-state index in [0.29, 0.717) is 45.2 Å². The van der Waals surface area contributed by atoms with Crippen LogP contribution < -0.4 is 38.9 Å². The first kappa shape index (κ1) is 38.7. The predicted octanol–water partition coefficient (Wildman–Crippen LogP) is -1.50. The van der Waals surface area contributed by atoms with Gasteiger partial charge in [-0.05, 0) is 63.6 Å². The van der Waals surface area contributed by atoms with Gasteiger partial charge in [0, 0.05) is 25.4 Å². The number of unbranched alkanes of at least 4 members (excludes halogenated alkanes) is 1. The molecule has 0 radical (unpaired) electrons. The molecule has 1 aromatic rings. The van der Waals surface area contributed by atoms with Gasteiger partial charge < -0.3 is 43.8 Å². The van der Waals surface area contributed by atoms with Gasteiger partial charge in [0.25, 0.3) is 0 Å². The first-order valence-corrected chi connectivity index (χ1v) is 17.0. The van der Waals surface area contributed by atoms with Crippen LogP contribution in [-0.2, 0) is 33.8 Å². The van der Waals surface area contributed by atoms with E-state index in [4.69, 9.17) is 22.9 Å². The molecule has 16 nitrogen and oxygen atoms in total. The summed E-state index contributed by atoms with van der Waals surface area (Å²) in [4.78, 5) is 69.5. The van der Waals surface area contributed by atoms with E-state index in [1.54, 1.807) is 18.2 Å². The van der Waals surface area contributed by atoms with Crippen LogP contribution >= 0.6 is 0 Å². The summed E-state index contributed by atoms with van der Waals surface area (Å²) in [5, 5.41) is 8.88. The highest BCUT2D eigenvalue weighted by Gasteiger charge is 2.35. The van der Waals surface area contributed by atoms with Crippen LogP contribution in [0.4, 0.5) is 0 Å². The van der Waals surface area contributed by atoms with Crippen molar-refractivity contribution in [1.82, 2.24) is 20.9 Å². The Hall–Kier alpha value is -4.51. The number of amides is 5. The Morgan fingerprint density at radius 2 is 1.60 bits per heavy atom. The van der Waals surface area contributed by atoms with E-state index in [9.17, 15) is 32.4 Å². The van der Waals surface area contributed by atoms with E-state index in [1.165, 1.54) is 24.0 Å². The summed E-state index contributed by atoms with van der Waals surface area (Å²) in [5.41, 5.74) is 21.8. The van der Waals surface area contributed by atoms with Gasteiger partial charge in [0.15, 0.2) is 15.8 Å². The average molecular weight is 678 g/mol. The second kappa shape index (κ2) is 19.2. The zero-order chi connectivity index (χ0) is 35.0. The maximum absolute atomic E-state index is 13.6. The minimum Gasteiger partial charge on any atom is -0.370 e.